The molecule has 4 N–H and O–H groups in total. The molecule has 0 aromatic heterocycles. The van der Waals surface area contributed by atoms with E-state index >= 15 is 0 Å². The zero-order valence-corrected chi connectivity index (χ0v) is 16.0. The molecule has 0 saturated carbocycles. The van der Waals surface area contributed by atoms with Crippen LogP contribution in [0.25, 0.3) is 0 Å². The summed E-state index contributed by atoms with van der Waals surface area (Å²) in [5, 5.41) is 5.92. The molecular formula is C20H28N4O3. The summed E-state index contributed by atoms with van der Waals surface area (Å²) < 4.78 is 0. The summed E-state index contributed by atoms with van der Waals surface area (Å²) in [4.78, 5) is 37.9. The van der Waals surface area contributed by atoms with E-state index in [0.29, 0.717) is 37.4 Å². The van der Waals surface area contributed by atoms with Gasteiger partial charge in [0.15, 0.2) is 0 Å². The van der Waals surface area contributed by atoms with Gasteiger partial charge in [-0.1, -0.05) is 0 Å². The normalized spacial score (nSPS) is 19.7. The van der Waals surface area contributed by atoms with Gasteiger partial charge in [-0.2, -0.15) is 0 Å². The third-order valence-electron chi connectivity index (χ3n) is 5.57. The first-order valence-corrected chi connectivity index (χ1v) is 9.63. The molecule has 2 aliphatic rings. The number of rotatable bonds is 4. The van der Waals surface area contributed by atoms with Crippen molar-refractivity contribution in [1.29, 1.82) is 0 Å². The molecule has 0 aliphatic carbocycles. The van der Waals surface area contributed by atoms with Crippen molar-refractivity contribution in [2.24, 2.45) is 11.7 Å². The molecule has 3 amide bonds. The van der Waals surface area contributed by atoms with Gasteiger partial charge in [-0.25, -0.2) is 0 Å². The molecule has 2 aliphatic heterocycles. The fourth-order valence-electron chi connectivity index (χ4n) is 3.84. The van der Waals surface area contributed by atoms with Crippen LogP contribution in [0.4, 0.5) is 5.69 Å². The molecule has 0 radical (unpaired) electrons. The van der Waals surface area contributed by atoms with E-state index in [2.05, 4.69) is 10.6 Å². The van der Waals surface area contributed by atoms with Crippen molar-refractivity contribution in [3.63, 3.8) is 0 Å². The van der Waals surface area contributed by atoms with E-state index in [9.17, 15) is 14.4 Å². The molecule has 146 valence electrons. The predicted octanol–water partition coefficient (Wildman–Crippen LogP) is 1.28. The highest BCUT2D eigenvalue weighted by Crippen LogP contribution is 2.24. The van der Waals surface area contributed by atoms with Gasteiger partial charge in [-0.3, -0.25) is 14.4 Å². The van der Waals surface area contributed by atoms with E-state index in [1.54, 1.807) is 19.1 Å². The number of likely N-dealkylation sites (tertiary alicyclic amines) is 1. The molecular weight excluding hydrogens is 344 g/mol. The SMILES string of the molecule is CC(N)C(=O)N1CCC(C(C)NC(=O)c2ccc3c(c2)CCC(=O)N3)CC1. The highest BCUT2D eigenvalue weighted by Gasteiger charge is 2.28. The van der Waals surface area contributed by atoms with E-state index < -0.39 is 6.04 Å². The Bertz CT molecular complexity index is 739. The van der Waals surface area contributed by atoms with Crippen LogP contribution in [0.15, 0.2) is 18.2 Å². The lowest BCUT2D eigenvalue weighted by atomic mass is 9.89. The van der Waals surface area contributed by atoms with Gasteiger partial charge < -0.3 is 21.3 Å². The zero-order valence-electron chi connectivity index (χ0n) is 16.0. The number of carbonyl (C=O) groups excluding carboxylic acids is 3. The van der Waals surface area contributed by atoms with Crippen LogP contribution in [0.3, 0.4) is 0 Å². The van der Waals surface area contributed by atoms with Crippen LogP contribution in [0, 0.1) is 5.92 Å². The number of benzene rings is 1. The maximum atomic E-state index is 12.6. The summed E-state index contributed by atoms with van der Waals surface area (Å²) in [6, 6.07) is 4.97. The van der Waals surface area contributed by atoms with Crippen LogP contribution in [-0.4, -0.2) is 47.8 Å². The van der Waals surface area contributed by atoms with Crippen LogP contribution in [0.5, 0.6) is 0 Å². The minimum absolute atomic E-state index is 0.00807. The van der Waals surface area contributed by atoms with Crippen LogP contribution in [0.2, 0.25) is 0 Å². The molecule has 2 heterocycles. The molecule has 0 bridgehead atoms. The lowest BCUT2D eigenvalue weighted by molar-refractivity contribution is -0.133. The number of fused-ring (bicyclic) bond motifs is 1. The van der Waals surface area contributed by atoms with Gasteiger partial charge in [0, 0.05) is 36.8 Å². The Kier molecular flexibility index (Phi) is 5.79. The first-order chi connectivity index (χ1) is 12.8. The van der Waals surface area contributed by atoms with Crippen LogP contribution in [-0.2, 0) is 16.0 Å². The number of carbonyl (C=O) groups is 3. The van der Waals surface area contributed by atoms with Gasteiger partial charge in [-0.15, -0.1) is 0 Å². The Morgan fingerprint density at radius 3 is 2.59 bits per heavy atom. The minimum Gasteiger partial charge on any atom is -0.349 e. The van der Waals surface area contributed by atoms with E-state index in [0.717, 1.165) is 24.1 Å². The Hall–Kier alpha value is -2.41. The van der Waals surface area contributed by atoms with Crippen molar-refractivity contribution in [1.82, 2.24) is 10.2 Å². The van der Waals surface area contributed by atoms with Crippen molar-refractivity contribution < 1.29 is 14.4 Å². The largest absolute Gasteiger partial charge is 0.349 e. The highest BCUT2D eigenvalue weighted by atomic mass is 16.2. The van der Waals surface area contributed by atoms with E-state index in [4.69, 9.17) is 5.73 Å². The molecule has 3 rings (SSSR count). The number of nitrogens with zero attached hydrogens (tertiary/aromatic N) is 1. The van der Waals surface area contributed by atoms with Crippen molar-refractivity contribution in [2.45, 2.75) is 51.6 Å². The zero-order chi connectivity index (χ0) is 19.6. The summed E-state index contributed by atoms with van der Waals surface area (Å²) in [6.07, 6.45) is 2.82. The molecule has 27 heavy (non-hydrogen) atoms. The van der Waals surface area contributed by atoms with Crippen molar-refractivity contribution in [3.05, 3.63) is 29.3 Å². The number of piperidine rings is 1. The lowest BCUT2D eigenvalue weighted by Crippen LogP contribution is -2.49. The van der Waals surface area contributed by atoms with Gasteiger partial charge in [-0.05, 0) is 62.8 Å². The average molecular weight is 372 g/mol. The third kappa shape index (κ3) is 4.47. The predicted molar refractivity (Wildman–Crippen MR) is 103 cm³/mol. The number of amides is 3. The second kappa shape index (κ2) is 8.08. The number of hydrogen-bond acceptors (Lipinski definition) is 4. The first-order valence-electron chi connectivity index (χ1n) is 9.63. The maximum absolute atomic E-state index is 12.6. The summed E-state index contributed by atoms with van der Waals surface area (Å²) in [7, 11) is 0. The van der Waals surface area contributed by atoms with Gasteiger partial charge in [0.1, 0.15) is 0 Å². The second-order valence-electron chi connectivity index (χ2n) is 7.63. The second-order valence-corrected chi connectivity index (χ2v) is 7.63. The van der Waals surface area contributed by atoms with Crippen molar-refractivity contribution in [3.8, 4) is 0 Å². The molecule has 1 aromatic rings. The number of nitrogens with one attached hydrogen (secondary N) is 2. The monoisotopic (exact) mass is 372 g/mol. The summed E-state index contributed by atoms with van der Waals surface area (Å²) in [5.74, 6) is 0.243. The number of aryl methyl sites for hydroxylation is 1. The lowest BCUT2D eigenvalue weighted by Gasteiger charge is -2.35. The van der Waals surface area contributed by atoms with Gasteiger partial charge >= 0.3 is 0 Å². The number of hydrogen-bond donors (Lipinski definition) is 3. The van der Waals surface area contributed by atoms with Gasteiger partial charge in [0.05, 0.1) is 6.04 Å². The number of anilines is 1. The van der Waals surface area contributed by atoms with Gasteiger partial charge in [0.2, 0.25) is 11.8 Å². The molecule has 1 aromatic carbocycles. The first kappa shape index (κ1) is 19.4. The minimum atomic E-state index is -0.465. The fraction of sp³-hybridized carbons (Fsp3) is 0.550. The van der Waals surface area contributed by atoms with Gasteiger partial charge in [0.25, 0.3) is 5.91 Å². The summed E-state index contributed by atoms with van der Waals surface area (Å²) >= 11 is 0. The Morgan fingerprint density at radius 1 is 1.22 bits per heavy atom. The number of nitrogens with two attached hydrogens (primary N) is 1. The molecule has 0 spiro atoms. The summed E-state index contributed by atoms with van der Waals surface area (Å²) in [6.45, 7) is 5.10. The Morgan fingerprint density at radius 2 is 1.93 bits per heavy atom. The maximum Gasteiger partial charge on any atom is 0.251 e. The van der Waals surface area contributed by atoms with E-state index in [1.165, 1.54) is 0 Å². The van der Waals surface area contributed by atoms with Crippen molar-refractivity contribution in [2.75, 3.05) is 18.4 Å². The Labute approximate surface area is 159 Å². The fourth-order valence-corrected chi connectivity index (χ4v) is 3.84. The average Bonchev–Trinajstić information content (AvgIpc) is 2.66. The smallest absolute Gasteiger partial charge is 0.251 e. The molecule has 7 heteroatoms. The van der Waals surface area contributed by atoms with Crippen LogP contribution >= 0.6 is 0 Å². The third-order valence-corrected chi connectivity index (χ3v) is 5.57. The molecule has 2 unspecified atom stereocenters. The molecule has 7 nitrogen and oxygen atoms in total. The molecule has 2 atom stereocenters. The molecule has 1 fully saturated rings. The quantitative estimate of drug-likeness (QED) is 0.740. The van der Waals surface area contributed by atoms with E-state index in [-0.39, 0.29) is 23.8 Å². The molecule has 1 saturated heterocycles. The highest BCUT2D eigenvalue weighted by molar-refractivity contribution is 5.98. The van der Waals surface area contributed by atoms with Crippen LogP contribution < -0.4 is 16.4 Å². The Balaban J connectivity index is 1.55. The standard InChI is InChI=1S/C20H28N4O3/c1-12(21)20(27)24-9-7-14(8-10-24)13(2)22-19(26)16-3-5-17-15(11-16)4-6-18(25)23-17/h3,5,11-14H,4,6-10,21H2,1-2H3,(H,22,26)(H,23,25). The topological polar surface area (TPSA) is 105 Å². The van der Waals surface area contributed by atoms with E-state index in [1.807, 2.05) is 17.9 Å². The van der Waals surface area contributed by atoms with Crippen LogP contribution in [0.1, 0.15) is 49.0 Å². The van der Waals surface area contributed by atoms with Crippen molar-refractivity contribution >= 4 is 23.4 Å². The summed E-state index contributed by atoms with van der Waals surface area (Å²) in [5.41, 5.74) is 8.08.